The van der Waals surface area contributed by atoms with Crippen LogP contribution in [-0.4, -0.2) is 40.5 Å². The fourth-order valence-corrected chi connectivity index (χ4v) is 5.60. The molecule has 27 heavy (non-hydrogen) atoms. The highest BCUT2D eigenvalue weighted by Gasteiger charge is 2.74. The number of rotatable bonds is 4. The van der Waals surface area contributed by atoms with Gasteiger partial charge in [0.2, 0.25) is 17.9 Å². The molecule has 5 fully saturated rings. The van der Waals surface area contributed by atoms with Crippen molar-refractivity contribution in [2.24, 2.45) is 17.8 Å². The molecule has 0 amide bonds. The zero-order chi connectivity index (χ0) is 19.4. The Bertz CT molecular complexity index is 637. The molecule has 7 atom stereocenters. The quantitative estimate of drug-likeness (QED) is 0.583. The molecule has 1 saturated carbocycles. The first-order valence-corrected chi connectivity index (χ1v) is 9.85. The Morgan fingerprint density at radius 3 is 2.67 bits per heavy atom. The molecular formula is C19H28O8. The zero-order valence-corrected chi connectivity index (χ0v) is 16.1. The predicted octanol–water partition coefficient (Wildman–Crippen LogP) is 2.75. The maximum Gasteiger partial charge on any atom is 0.308 e. The van der Waals surface area contributed by atoms with E-state index in [-0.39, 0.29) is 30.6 Å². The van der Waals surface area contributed by atoms with E-state index in [4.69, 9.17) is 29.1 Å². The van der Waals surface area contributed by atoms with Gasteiger partial charge in [-0.3, -0.25) is 9.59 Å². The van der Waals surface area contributed by atoms with E-state index in [1.165, 1.54) is 0 Å². The van der Waals surface area contributed by atoms with Crippen molar-refractivity contribution in [2.45, 2.75) is 89.2 Å². The number of carbonyl (C=O) groups is 2. The molecule has 0 radical (unpaired) electrons. The lowest BCUT2D eigenvalue weighted by atomic mass is 9.58. The lowest BCUT2D eigenvalue weighted by molar-refractivity contribution is -0.602. The second-order valence-corrected chi connectivity index (χ2v) is 8.64. The Hall–Kier alpha value is -1.22. The maximum absolute atomic E-state index is 12.1. The van der Waals surface area contributed by atoms with Gasteiger partial charge in [0, 0.05) is 18.3 Å². The normalized spacial score (nSPS) is 48.4. The van der Waals surface area contributed by atoms with Gasteiger partial charge < -0.3 is 19.3 Å². The van der Waals surface area contributed by atoms with Gasteiger partial charge in [-0.2, -0.15) is 0 Å². The molecule has 1 aliphatic carbocycles. The number of esters is 1. The Labute approximate surface area is 158 Å². The van der Waals surface area contributed by atoms with E-state index in [1.807, 2.05) is 20.8 Å². The van der Waals surface area contributed by atoms with Gasteiger partial charge in [-0.05, 0) is 39.0 Å². The van der Waals surface area contributed by atoms with Crippen LogP contribution in [0.3, 0.4) is 0 Å². The topological polar surface area (TPSA) is 101 Å². The molecule has 8 heteroatoms. The van der Waals surface area contributed by atoms with Crippen molar-refractivity contribution in [1.82, 2.24) is 0 Å². The second kappa shape index (κ2) is 6.40. The molecule has 4 saturated heterocycles. The van der Waals surface area contributed by atoms with Gasteiger partial charge in [0.1, 0.15) is 0 Å². The molecular weight excluding hydrogens is 356 g/mol. The van der Waals surface area contributed by atoms with Crippen molar-refractivity contribution in [3.63, 3.8) is 0 Å². The fraction of sp³-hybridized carbons (Fsp3) is 0.895. The Morgan fingerprint density at radius 2 is 1.93 bits per heavy atom. The van der Waals surface area contributed by atoms with Crippen LogP contribution in [0.25, 0.3) is 0 Å². The van der Waals surface area contributed by atoms with E-state index in [0.29, 0.717) is 6.42 Å². The van der Waals surface area contributed by atoms with Gasteiger partial charge in [0.05, 0.1) is 12.8 Å². The van der Waals surface area contributed by atoms with Crippen LogP contribution in [0.2, 0.25) is 0 Å². The monoisotopic (exact) mass is 384 g/mol. The van der Waals surface area contributed by atoms with Gasteiger partial charge in [-0.25, -0.2) is 9.78 Å². The lowest BCUT2D eigenvalue weighted by Gasteiger charge is -2.63. The van der Waals surface area contributed by atoms with Crippen molar-refractivity contribution in [3.8, 4) is 0 Å². The summed E-state index contributed by atoms with van der Waals surface area (Å²) in [7, 11) is 0. The Morgan fingerprint density at radius 1 is 1.15 bits per heavy atom. The van der Waals surface area contributed by atoms with Crippen LogP contribution in [0.15, 0.2) is 0 Å². The average molecular weight is 384 g/mol. The lowest BCUT2D eigenvalue weighted by Crippen LogP contribution is -2.75. The molecule has 8 nitrogen and oxygen atoms in total. The summed E-state index contributed by atoms with van der Waals surface area (Å²) in [5.41, 5.74) is -0.731. The van der Waals surface area contributed by atoms with Crippen LogP contribution in [-0.2, 0) is 33.6 Å². The van der Waals surface area contributed by atoms with Crippen LogP contribution in [0.5, 0.6) is 0 Å². The molecule has 5 aliphatic rings. The van der Waals surface area contributed by atoms with E-state index in [0.717, 1.165) is 25.7 Å². The average Bonchev–Trinajstić information content (AvgIpc) is 2.81. The van der Waals surface area contributed by atoms with Crippen molar-refractivity contribution in [3.05, 3.63) is 0 Å². The molecule has 1 N–H and O–H groups in total. The first-order chi connectivity index (χ1) is 12.7. The maximum atomic E-state index is 12.1. The largest absolute Gasteiger partial charge is 0.481 e. The van der Waals surface area contributed by atoms with E-state index in [1.54, 1.807) is 0 Å². The second-order valence-electron chi connectivity index (χ2n) is 8.64. The first kappa shape index (κ1) is 19.1. The summed E-state index contributed by atoms with van der Waals surface area (Å²) >= 11 is 0. The number of ether oxygens (including phenoxy) is 3. The van der Waals surface area contributed by atoms with Crippen LogP contribution < -0.4 is 0 Å². The molecule has 0 aromatic rings. The summed E-state index contributed by atoms with van der Waals surface area (Å²) < 4.78 is 18.1. The third kappa shape index (κ3) is 2.88. The number of hydrogen-bond acceptors (Lipinski definition) is 7. The number of aliphatic carboxylic acids is 1. The highest BCUT2D eigenvalue weighted by atomic mass is 17.3. The molecule has 0 aromatic carbocycles. The van der Waals surface area contributed by atoms with Crippen molar-refractivity contribution in [1.29, 1.82) is 0 Å². The summed E-state index contributed by atoms with van der Waals surface area (Å²) in [6.07, 6.45) is 3.38. The third-order valence-electron chi connectivity index (χ3n) is 6.84. The number of fused-ring (bicyclic) bond motifs is 2. The third-order valence-corrected chi connectivity index (χ3v) is 6.84. The van der Waals surface area contributed by atoms with Gasteiger partial charge in [0.25, 0.3) is 0 Å². The summed E-state index contributed by atoms with van der Waals surface area (Å²) in [6.45, 7) is 5.68. The summed E-state index contributed by atoms with van der Waals surface area (Å²) in [6, 6.07) is 0. The minimum absolute atomic E-state index is 0.0509. The first-order valence-electron chi connectivity index (χ1n) is 9.85. The molecule has 1 spiro atoms. The molecule has 152 valence electrons. The number of carboxylic acids is 1. The van der Waals surface area contributed by atoms with Gasteiger partial charge in [-0.15, -0.1) is 0 Å². The van der Waals surface area contributed by atoms with Gasteiger partial charge in [-0.1, -0.05) is 13.3 Å². The molecule has 2 unspecified atom stereocenters. The number of hydrogen-bond donors (Lipinski definition) is 1. The van der Waals surface area contributed by atoms with Crippen LogP contribution in [0.1, 0.15) is 65.7 Å². The van der Waals surface area contributed by atoms with Gasteiger partial charge in [0.15, 0.2) is 5.60 Å². The Kier molecular flexibility index (Phi) is 4.53. The van der Waals surface area contributed by atoms with Crippen LogP contribution in [0, 0.1) is 17.8 Å². The van der Waals surface area contributed by atoms with E-state index in [2.05, 4.69) is 0 Å². The predicted molar refractivity (Wildman–Crippen MR) is 89.9 cm³/mol. The molecule has 4 heterocycles. The summed E-state index contributed by atoms with van der Waals surface area (Å²) in [5, 5.41) is 8.77. The summed E-state index contributed by atoms with van der Waals surface area (Å²) in [4.78, 5) is 34.6. The zero-order valence-electron chi connectivity index (χ0n) is 16.1. The summed E-state index contributed by atoms with van der Waals surface area (Å²) in [5.74, 6) is -3.44. The van der Waals surface area contributed by atoms with E-state index >= 15 is 0 Å². The Balaban J connectivity index is 1.62. The number of carboxylic acid groups (broad SMARTS) is 1. The van der Waals surface area contributed by atoms with Crippen LogP contribution in [0.4, 0.5) is 0 Å². The number of carbonyl (C=O) groups excluding carboxylic acids is 1. The minimum atomic E-state index is -1.10. The van der Waals surface area contributed by atoms with Crippen molar-refractivity contribution in [2.75, 3.05) is 0 Å². The van der Waals surface area contributed by atoms with E-state index < -0.39 is 35.4 Å². The standard InChI is InChI=1S/C19H28O8/c1-11-13-6-4-5-12-9-10-17(2)25-18(3,19(12,13)27-26-17)24-16(11)23-15(22)8-7-14(20)21/h11-13,16H,4-10H2,1-3H3,(H,20,21)/t11-,12-,13+,16?,17-,18?,19-/m1/s1. The molecule has 4 aliphatic heterocycles. The van der Waals surface area contributed by atoms with Crippen LogP contribution >= 0.6 is 0 Å². The smallest absolute Gasteiger partial charge is 0.308 e. The highest BCUT2D eigenvalue weighted by Crippen LogP contribution is 2.63. The van der Waals surface area contributed by atoms with E-state index in [9.17, 15) is 9.59 Å². The molecule has 0 aromatic heterocycles. The SMILES string of the molecule is C[C@H]1C(OC(=O)CCC(=O)O)OC2(C)O[C@@]3(C)CC[C@H]4CCC[C@@H]1[C@]42OO3. The van der Waals surface area contributed by atoms with Crippen molar-refractivity contribution < 1.29 is 38.7 Å². The van der Waals surface area contributed by atoms with Crippen molar-refractivity contribution >= 4 is 11.9 Å². The fourth-order valence-electron chi connectivity index (χ4n) is 5.60. The highest BCUT2D eigenvalue weighted by molar-refractivity contribution is 5.76. The minimum Gasteiger partial charge on any atom is -0.481 e. The molecule has 5 rings (SSSR count). The molecule has 2 bridgehead atoms. The van der Waals surface area contributed by atoms with Gasteiger partial charge >= 0.3 is 11.9 Å².